The molecule has 8 nitrogen and oxygen atoms in total. The molecule has 2 amide bonds. The molecule has 0 spiro atoms. The highest BCUT2D eigenvalue weighted by atomic mass is 16.2. The summed E-state index contributed by atoms with van der Waals surface area (Å²) in [6, 6.07) is 11.4. The van der Waals surface area contributed by atoms with E-state index in [1.165, 1.54) is 6.20 Å². The van der Waals surface area contributed by atoms with E-state index in [1.54, 1.807) is 12.1 Å². The third kappa shape index (κ3) is 3.93. The molecule has 3 aromatic rings. The first-order valence-electron chi connectivity index (χ1n) is 9.60. The fourth-order valence-corrected chi connectivity index (χ4v) is 3.60. The van der Waals surface area contributed by atoms with Crippen LogP contribution in [0.5, 0.6) is 0 Å². The van der Waals surface area contributed by atoms with Crippen molar-refractivity contribution >= 4 is 35.0 Å². The molecule has 0 saturated heterocycles. The van der Waals surface area contributed by atoms with Crippen LogP contribution in [0.25, 0.3) is 0 Å². The van der Waals surface area contributed by atoms with Crippen molar-refractivity contribution < 1.29 is 9.59 Å². The zero-order valence-corrected chi connectivity index (χ0v) is 16.7. The summed E-state index contributed by atoms with van der Waals surface area (Å²) >= 11 is 0. The van der Waals surface area contributed by atoms with Crippen molar-refractivity contribution in [3.8, 4) is 0 Å². The van der Waals surface area contributed by atoms with Crippen LogP contribution in [-0.2, 0) is 6.42 Å². The van der Waals surface area contributed by atoms with Gasteiger partial charge in [0.2, 0.25) is 5.95 Å². The van der Waals surface area contributed by atoms with E-state index in [0.717, 1.165) is 22.4 Å². The number of amides is 2. The summed E-state index contributed by atoms with van der Waals surface area (Å²) in [7, 11) is 0. The third-order valence-electron chi connectivity index (χ3n) is 4.87. The maximum Gasteiger partial charge on any atom is 0.254 e. The van der Waals surface area contributed by atoms with Crippen molar-refractivity contribution in [2.75, 3.05) is 17.2 Å². The van der Waals surface area contributed by atoms with Gasteiger partial charge in [-0.1, -0.05) is 12.1 Å². The lowest BCUT2D eigenvalue weighted by Crippen LogP contribution is -2.32. The summed E-state index contributed by atoms with van der Waals surface area (Å²) in [4.78, 5) is 32.8. The van der Waals surface area contributed by atoms with Crippen LogP contribution in [0.4, 0.5) is 23.1 Å². The molecule has 4 rings (SSSR count). The Labute approximate surface area is 173 Å². The van der Waals surface area contributed by atoms with Gasteiger partial charge in [-0.05, 0) is 61.2 Å². The smallest absolute Gasteiger partial charge is 0.254 e. The van der Waals surface area contributed by atoms with Crippen LogP contribution in [0.2, 0.25) is 0 Å². The van der Waals surface area contributed by atoms with Crippen LogP contribution in [0.15, 0.2) is 42.6 Å². The second-order valence-corrected chi connectivity index (χ2v) is 7.28. The van der Waals surface area contributed by atoms with Gasteiger partial charge in [-0.25, -0.2) is 4.98 Å². The van der Waals surface area contributed by atoms with Gasteiger partial charge in [0, 0.05) is 29.7 Å². The van der Waals surface area contributed by atoms with Crippen molar-refractivity contribution in [1.29, 1.82) is 0 Å². The number of anilines is 4. The number of rotatable bonds is 5. The number of nitrogens with two attached hydrogens (primary N) is 1. The zero-order chi connectivity index (χ0) is 21.3. The van der Waals surface area contributed by atoms with Crippen LogP contribution >= 0.6 is 0 Å². The maximum atomic E-state index is 12.1. The van der Waals surface area contributed by atoms with Crippen molar-refractivity contribution in [3.63, 3.8) is 0 Å². The number of carbonyl (C=O) groups is 2. The van der Waals surface area contributed by atoms with Crippen LogP contribution < -0.4 is 21.7 Å². The Morgan fingerprint density at radius 3 is 2.63 bits per heavy atom. The number of aromatic nitrogens is 2. The third-order valence-corrected chi connectivity index (χ3v) is 4.87. The molecule has 30 heavy (non-hydrogen) atoms. The van der Waals surface area contributed by atoms with E-state index in [1.807, 2.05) is 32.0 Å². The highest BCUT2D eigenvalue weighted by molar-refractivity contribution is 6.00. The lowest BCUT2D eigenvalue weighted by Gasteiger charge is -2.20. The topological polar surface area (TPSA) is 122 Å². The molecule has 0 aliphatic carbocycles. The second-order valence-electron chi connectivity index (χ2n) is 7.28. The molecule has 2 aromatic carbocycles. The molecule has 0 saturated carbocycles. The van der Waals surface area contributed by atoms with Gasteiger partial charge in [0.15, 0.2) is 0 Å². The van der Waals surface area contributed by atoms with Gasteiger partial charge in [-0.15, -0.1) is 0 Å². The summed E-state index contributed by atoms with van der Waals surface area (Å²) in [5, 5.41) is 9.18. The first-order chi connectivity index (χ1) is 14.4. The highest BCUT2D eigenvalue weighted by Gasteiger charge is 2.21. The molecule has 0 bridgehead atoms. The number of fused-ring (bicyclic) bond motifs is 1. The Bertz CT molecular complexity index is 1140. The standard InChI is InChI=1S/C22H22N6O2/c1-12-8-13(2)10-14(9-12)26-22-25-11-17(19(23)29)20(28-22)27-18-5-3-4-16-15(18)6-7-24-21(16)30/h3-5,8-11H,6-7H2,1-2H3,(H2,23,29)(H,24,30)(H2,25,26,27,28). The Balaban J connectivity index is 1.70. The maximum absolute atomic E-state index is 12.1. The minimum absolute atomic E-state index is 0.116. The van der Waals surface area contributed by atoms with Crippen molar-refractivity contribution in [2.24, 2.45) is 5.73 Å². The summed E-state index contributed by atoms with van der Waals surface area (Å²) < 4.78 is 0. The molecular weight excluding hydrogens is 380 g/mol. The van der Waals surface area contributed by atoms with Crippen molar-refractivity contribution in [2.45, 2.75) is 20.3 Å². The van der Waals surface area contributed by atoms with E-state index >= 15 is 0 Å². The van der Waals surface area contributed by atoms with E-state index in [-0.39, 0.29) is 17.3 Å². The lowest BCUT2D eigenvalue weighted by molar-refractivity contribution is 0.0944. The number of nitrogens with one attached hydrogen (secondary N) is 3. The van der Waals surface area contributed by atoms with E-state index in [9.17, 15) is 9.59 Å². The predicted octanol–water partition coefficient (Wildman–Crippen LogP) is 2.97. The Morgan fingerprint density at radius 1 is 1.13 bits per heavy atom. The van der Waals surface area contributed by atoms with E-state index in [4.69, 9.17) is 5.73 Å². The quantitative estimate of drug-likeness (QED) is 0.520. The normalized spacial score (nSPS) is 12.7. The van der Waals surface area contributed by atoms with Crippen LogP contribution in [-0.4, -0.2) is 28.3 Å². The first-order valence-corrected chi connectivity index (χ1v) is 9.60. The number of carbonyl (C=O) groups excluding carboxylic acids is 2. The number of primary amides is 1. The number of nitrogens with zero attached hydrogens (tertiary/aromatic N) is 2. The molecule has 0 fully saturated rings. The molecule has 8 heteroatoms. The fraction of sp³-hybridized carbons (Fsp3) is 0.182. The largest absolute Gasteiger partial charge is 0.365 e. The van der Waals surface area contributed by atoms with E-state index in [0.29, 0.717) is 30.2 Å². The fourth-order valence-electron chi connectivity index (χ4n) is 3.60. The monoisotopic (exact) mass is 402 g/mol. The molecule has 152 valence electrons. The molecular formula is C22H22N6O2. The summed E-state index contributed by atoms with van der Waals surface area (Å²) in [5.41, 5.74) is 10.9. The molecule has 0 unspecified atom stereocenters. The predicted molar refractivity (Wildman–Crippen MR) is 116 cm³/mol. The summed E-state index contributed by atoms with van der Waals surface area (Å²) in [6.45, 7) is 4.57. The van der Waals surface area contributed by atoms with E-state index < -0.39 is 5.91 Å². The van der Waals surface area contributed by atoms with Gasteiger partial charge in [-0.2, -0.15) is 4.98 Å². The Morgan fingerprint density at radius 2 is 1.90 bits per heavy atom. The minimum Gasteiger partial charge on any atom is -0.365 e. The molecule has 1 aliphatic rings. The van der Waals surface area contributed by atoms with Crippen molar-refractivity contribution in [3.05, 3.63) is 70.4 Å². The lowest BCUT2D eigenvalue weighted by atomic mass is 9.98. The second kappa shape index (κ2) is 7.82. The van der Waals surface area contributed by atoms with Crippen LogP contribution in [0.3, 0.4) is 0 Å². The molecule has 0 radical (unpaired) electrons. The minimum atomic E-state index is -0.641. The number of hydrogen-bond acceptors (Lipinski definition) is 6. The average Bonchev–Trinajstić information content (AvgIpc) is 2.68. The van der Waals surface area contributed by atoms with Crippen LogP contribution in [0.1, 0.15) is 37.4 Å². The molecule has 2 heterocycles. The first kappa shape index (κ1) is 19.4. The van der Waals surface area contributed by atoms with Gasteiger partial charge < -0.3 is 21.7 Å². The van der Waals surface area contributed by atoms with Gasteiger partial charge >= 0.3 is 0 Å². The van der Waals surface area contributed by atoms with Gasteiger partial charge in [-0.3, -0.25) is 9.59 Å². The average molecular weight is 402 g/mol. The Kier molecular flexibility index (Phi) is 5.05. The highest BCUT2D eigenvalue weighted by Crippen LogP contribution is 2.28. The molecule has 0 atom stereocenters. The molecule has 5 N–H and O–H groups in total. The number of hydrogen-bond donors (Lipinski definition) is 4. The van der Waals surface area contributed by atoms with Gasteiger partial charge in [0.25, 0.3) is 11.8 Å². The molecule has 1 aliphatic heterocycles. The summed E-state index contributed by atoms with van der Waals surface area (Å²) in [6.07, 6.45) is 2.07. The van der Waals surface area contributed by atoms with Crippen LogP contribution in [0, 0.1) is 13.8 Å². The SMILES string of the molecule is Cc1cc(C)cc(Nc2ncc(C(N)=O)c(Nc3cccc4c3CCNC4=O)n2)c1. The van der Waals surface area contributed by atoms with E-state index in [2.05, 4.69) is 32.0 Å². The number of aryl methyl sites for hydroxylation is 2. The molecule has 1 aromatic heterocycles. The van der Waals surface area contributed by atoms with Crippen molar-refractivity contribution in [1.82, 2.24) is 15.3 Å². The Hall–Kier alpha value is -3.94. The zero-order valence-electron chi connectivity index (χ0n) is 16.7. The van der Waals surface area contributed by atoms with Gasteiger partial charge in [0.1, 0.15) is 11.4 Å². The summed E-state index contributed by atoms with van der Waals surface area (Å²) in [5.74, 6) is -0.147. The van der Waals surface area contributed by atoms with Gasteiger partial charge in [0.05, 0.1) is 0 Å². The number of benzene rings is 2.